The monoisotopic (exact) mass is 341 g/mol. The number of hydrogen-bond donors (Lipinski definition) is 0. The summed E-state index contributed by atoms with van der Waals surface area (Å²) < 4.78 is 7.52. The van der Waals surface area contributed by atoms with Gasteiger partial charge in [0.1, 0.15) is 5.60 Å². The normalized spacial score (nSPS) is 16.1. The maximum Gasteiger partial charge on any atom is 0.410 e. The van der Waals surface area contributed by atoms with Gasteiger partial charge in [0.2, 0.25) is 0 Å². The molecule has 25 heavy (non-hydrogen) atoms. The highest BCUT2D eigenvalue weighted by Crippen LogP contribution is 2.28. The first kappa shape index (κ1) is 17.5. The molecule has 0 unspecified atom stereocenters. The summed E-state index contributed by atoms with van der Waals surface area (Å²) in [5.41, 5.74) is 3.03. The number of rotatable bonds is 2. The first-order valence-electron chi connectivity index (χ1n) is 8.91. The third kappa shape index (κ3) is 4.41. The fraction of sp³-hybridized carbons (Fsp3) is 0.500. The molecule has 1 saturated heterocycles. The van der Waals surface area contributed by atoms with Gasteiger partial charge < -0.3 is 14.2 Å². The summed E-state index contributed by atoms with van der Waals surface area (Å²) in [5.74, 6) is 0.394. The van der Waals surface area contributed by atoms with Crippen LogP contribution < -0.4 is 0 Å². The van der Waals surface area contributed by atoms with Gasteiger partial charge in [0.15, 0.2) is 0 Å². The Morgan fingerprint density at radius 3 is 2.40 bits per heavy atom. The number of carbonyl (C=O) groups is 1. The zero-order valence-electron chi connectivity index (χ0n) is 15.5. The molecular weight excluding hydrogens is 314 g/mol. The number of benzene rings is 1. The first-order chi connectivity index (χ1) is 11.8. The molecule has 3 rings (SSSR count). The van der Waals surface area contributed by atoms with Crippen LogP contribution in [-0.4, -0.2) is 39.2 Å². The molecule has 2 aromatic rings. The Balaban J connectivity index is 1.60. The minimum Gasteiger partial charge on any atom is -0.444 e. The van der Waals surface area contributed by atoms with Crippen LogP contribution in [-0.2, 0) is 4.74 Å². The molecule has 0 N–H and O–H groups in total. The van der Waals surface area contributed by atoms with Gasteiger partial charge in [-0.05, 0) is 52.7 Å². The second-order valence-corrected chi connectivity index (χ2v) is 7.78. The topological polar surface area (TPSA) is 47.4 Å². The molecule has 2 heterocycles. The molecule has 0 saturated carbocycles. The second-order valence-electron chi connectivity index (χ2n) is 7.78. The van der Waals surface area contributed by atoms with Crippen LogP contribution in [0.15, 0.2) is 36.8 Å². The van der Waals surface area contributed by atoms with Gasteiger partial charge in [-0.2, -0.15) is 0 Å². The van der Waals surface area contributed by atoms with Crippen LogP contribution in [0.3, 0.4) is 0 Å². The summed E-state index contributed by atoms with van der Waals surface area (Å²) in [7, 11) is 0. The van der Waals surface area contributed by atoms with Crippen molar-refractivity contribution < 1.29 is 9.53 Å². The Kier molecular flexibility index (Phi) is 4.84. The SMILES string of the molecule is Cc1ccc(-n2cnc(C3CCN(C(=O)OC(C)(C)C)CC3)c2)cc1. The Hall–Kier alpha value is -2.30. The molecule has 0 aliphatic carbocycles. The van der Waals surface area contributed by atoms with E-state index in [0.29, 0.717) is 5.92 Å². The number of ether oxygens (including phenoxy) is 1. The molecule has 1 amide bonds. The van der Waals surface area contributed by atoms with Crippen molar-refractivity contribution >= 4 is 6.09 Å². The molecule has 5 nitrogen and oxygen atoms in total. The predicted octanol–water partition coefficient (Wildman–Crippen LogP) is 4.30. The van der Waals surface area contributed by atoms with Crippen LogP contribution in [0.1, 0.15) is 50.8 Å². The third-order valence-corrected chi connectivity index (χ3v) is 4.50. The van der Waals surface area contributed by atoms with Crippen molar-refractivity contribution in [3.8, 4) is 5.69 Å². The molecule has 1 aromatic carbocycles. The van der Waals surface area contributed by atoms with Crippen LogP contribution in [0.4, 0.5) is 4.79 Å². The van der Waals surface area contributed by atoms with Crippen molar-refractivity contribution in [2.45, 2.75) is 52.1 Å². The quantitative estimate of drug-likeness (QED) is 0.818. The highest BCUT2D eigenvalue weighted by Gasteiger charge is 2.28. The standard InChI is InChI=1S/C20H27N3O2/c1-15-5-7-17(8-6-15)23-13-18(21-14-23)16-9-11-22(12-10-16)19(24)25-20(2,3)4/h5-8,13-14,16H,9-12H2,1-4H3. The van der Waals surface area contributed by atoms with E-state index in [1.165, 1.54) is 5.56 Å². The minimum atomic E-state index is -0.444. The molecule has 1 aliphatic rings. The van der Waals surface area contributed by atoms with Gasteiger partial charge in [0, 0.05) is 30.9 Å². The Labute approximate surface area is 149 Å². The lowest BCUT2D eigenvalue weighted by Gasteiger charge is -2.32. The summed E-state index contributed by atoms with van der Waals surface area (Å²) in [6.45, 7) is 9.22. The highest BCUT2D eigenvalue weighted by atomic mass is 16.6. The van der Waals surface area contributed by atoms with Crippen molar-refractivity contribution in [1.82, 2.24) is 14.5 Å². The van der Waals surface area contributed by atoms with E-state index in [9.17, 15) is 4.79 Å². The van der Waals surface area contributed by atoms with Gasteiger partial charge in [0.05, 0.1) is 12.0 Å². The van der Waals surface area contributed by atoms with Gasteiger partial charge >= 0.3 is 6.09 Å². The molecule has 0 spiro atoms. The fourth-order valence-electron chi connectivity index (χ4n) is 3.09. The zero-order chi connectivity index (χ0) is 18.0. The Bertz CT molecular complexity index is 720. The van der Waals surface area contributed by atoms with E-state index in [1.807, 2.05) is 27.1 Å². The number of hydrogen-bond acceptors (Lipinski definition) is 3. The number of aromatic nitrogens is 2. The van der Waals surface area contributed by atoms with E-state index in [2.05, 4.69) is 46.9 Å². The minimum absolute atomic E-state index is 0.212. The molecule has 1 aromatic heterocycles. The summed E-state index contributed by atoms with van der Waals surface area (Å²) in [6, 6.07) is 8.42. The van der Waals surface area contributed by atoms with Crippen molar-refractivity contribution in [1.29, 1.82) is 0 Å². The number of carbonyl (C=O) groups excluding carboxylic acids is 1. The lowest BCUT2D eigenvalue weighted by Crippen LogP contribution is -2.41. The average molecular weight is 341 g/mol. The molecule has 5 heteroatoms. The van der Waals surface area contributed by atoms with E-state index in [1.54, 1.807) is 4.90 Å². The van der Waals surface area contributed by atoms with Crippen molar-refractivity contribution in [2.75, 3.05) is 13.1 Å². The summed E-state index contributed by atoms with van der Waals surface area (Å²) >= 11 is 0. The fourth-order valence-corrected chi connectivity index (χ4v) is 3.09. The summed E-state index contributed by atoms with van der Waals surface area (Å²) in [5, 5.41) is 0. The zero-order valence-corrected chi connectivity index (χ0v) is 15.5. The average Bonchev–Trinajstić information content (AvgIpc) is 3.04. The number of aryl methyl sites for hydroxylation is 1. The van der Waals surface area contributed by atoms with E-state index in [4.69, 9.17) is 4.74 Å². The van der Waals surface area contributed by atoms with Crippen molar-refractivity contribution in [3.63, 3.8) is 0 Å². The molecule has 1 aliphatic heterocycles. The first-order valence-corrected chi connectivity index (χ1v) is 8.91. The van der Waals surface area contributed by atoms with Crippen LogP contribution in [0.5, 0.6) is 0 Å². The van der Waals surface area contributed by atoms with Crippen LogP contribution >= 0.6 is 0 Å². The van der Waals surface area contributed by atoms with Crippen LogP contribution in [0.2, 0.25) is 0 Å². The maximum atomic E-state index is 12.2. The molecule has 0 radical (unpaired) electrons. The van der Waals surface area contributed by atoms with Crippen molar-refractivity contribution in [2.24, 2.45) is 0 Å². The smallest absolute Gasteiger partial charge is 0.410 e. The molecule has 1 fully saturated rings. The molecule has 0 atom stereocenters. The molecule has 0 bridgehead atoms. The number of imidazole rings is 1. The van der Waals surface area contributed by atoms with E-state index in [-0.39, 0.29) is 6.09 Å². The predicted molar refractivity (Wildman–Crippen MR) is 98.1 cm³/mol. The number of amides is 1. The molecule has 134 valence electrons. The van der Waals surface area contributed by atoms with Gasteiger partial charge in [0.25, 0.3) is 0 Å². The van der Waals surface area contributed by atoms with Gasteiger partial charge in [-0.15, -0.1) is 0 Å². The van der Waals surface area contributed by atoms with Crippen LogP contribution in [0.25, 0.3) is 5.69 Å². The lowest BCUT2D eigenvalue weighted by molar-refractivity contribution is 0.0204. The van der Waals surface area contributed by atoms with Gasteiger partial charge in [-0.25, -0.2) is 9.78 Å². The summed E-state index contributed by atoms with van der Waals surface area (Å²) in [6.07, 6.45) is 5.61. The highest BCUT2D eigenvalue weighted by molar-refractivity contribution is 5.68. The number of likely N-dealkylation sites (tertiary alicyclic amines) is 1. The maximum absolute atomic E-state index is 12.2. The van der Waals surface area contributed by atoms with E-state index >= 15 is 0 Å². The van der Waals surface area contributed by atoms with Crippen LogP contribution in [0, 0.1) is 6.92 Å². The van der Waals surface area contributed by atoms with Gasteiger partial charge in [-0.1, -0.05) is 17.7 Å². The van der Waals surface area contributed by atoms with E-state index in [0.717, 1.165) is 37.3 Å². The number of nitrogens with zero attached hydrogens (tertiary/aromatic N) is 3. The van der Waals surface area contributed by atoms with Gasteiger partial charge in [-0.3, -0.25) is 0 Å². The Morgan fingerprint density at radius 2 is 1.80 bits per heavy atom. The summed E-state index contributed by atoms with van der Waals surface area (Å²) in [4.78, 5) is 18.6. The largest absolute Gasteiger partial charge is 0.444 e. The Morgan fingerprint density at radius 1 is 1.16 bits per heavy atom. The lowest BCUT2D eigenvalue weighted by atomic mass is 9.94. The van der Waals surface area contributed by atoms with E-state index < -0.39 is 5.60 Å². The third-order valence-electron chi connectivity index (χ3n) is 4.50. The van der Waals surface area contributed by atoms with Crippen molar-refractivity contribution in [3.05, 3.63) is 48.0 Å². The number of piperidine rings is 1. The second kappa shape index (κ2) is 6.90. The molecular formula is C20H27N3O2.